The molecule has 0 spiro atoms. The quantitative estimate of drug-likeness (QED) is 0.752. The second kappa shape index (κ2) is 8.00. The smallest absolute Gasteiger partial charge is 0.218 e. The van der Waals surface area contributed by atoms with Crippen molar-refractivity contribution in [3.63, 3.8) is 0 Å². The molecule has 0 radical (unpaired) electrons. The van der Waals surface area contributed by atoms with Gasteiger partial charge in [-0.25, -0.2) is 13.1 Å². The van der Waals surface area contributed by atoms with Crippen molar-refractivity contribution in [1.29, 1.82) is 0 Å². The van der Waals surface area contributed by atoms with Gasteiger partial charge in [0.05, 0.1) is 19.5 Å². The molecule has 0 amide bonds. The molecule has 5 nitrogen and oxygen atoms in total. The van der Waals surface area contributed by atoms with E-state index in [4.69, 9.17) is 9.47 Å². The molecule has 0 heterocycles. The molecule has 2 aromatic rings. The van der Waals surface area contributed by atoms with Crippen LogP contribution in [0.25, 0.3) is 0 Å². The Morgan fingerprint density at radius 3 is 2.50 bits per heavy atom. The highest BCUT2D eigenvalue weighted by Gasteiger charge is 2.22. The Balaban J connectivity index is 2.15. The molecule has 0 aliphatic rings. The lowest BCUT2D eigenvalue weighted by atomic mass is 10.2. The van der Waals surface area contributed by atoms with E-state index in [2.05, 4.69) is 20.7 Å². The molecule has 0 aliphatic heterocycles. The van der Waals surface area contributed by atoms with Crippen molar-refractivity contribution in [2.45, 2.75) is 18.7 Å². The lowest BCUT2D eigenvalue weighted by Crippen LogP contribution is -2.27. The SMILES string of the molecule is COc1ccc(CNS(=O)(=O)[C@H](C)c2cccc(Br)c2)c(OC)c1. The first-order chi connectivity index (χ1) is 11.4. The van der Waals surface area contributed by atoms with Crippen LogP contribution in [0.3, 0.4) is 0 Å². The lowest BCUT2D eigenvalue weighted by Gasteiger charge is -2.16. The summed E-state index contributed by atoms with van der Waals surface area (Å²) in [7, 11) is -0.422. The summed E-state index contributed by atoms with van der Waals surface area (Å²) in [5, 5.41) is -0.667. The molecule has 0 saturated heterocycles. The second-order valence-electron chi connectivity index (χ2n) is 5.24. The largest absolute Gasteiger partial charge is 0.497 e. The highest BCUT2D eigenvalue weighted by molar-refractivity contribution is 9.10. The number of methoxy groups -OCH3 is 2. The van der Waals surface area contributed by atoms with Crippen molar-refractivity contribution in [1.82, 2.24) is 4.72 Å². The van der Waals surface area contributed by atoms with Crippen LogP contribution < -0.4 is 14.2 Å². The van der Waals surface area contributed by atoms with E-state index in [1.165, 1.54) is 7.11 Å². The van der Waals surface area contributed by atoms with Crippen LogP contribution in [0.2, 0.25) is 0 Å². The van der Waals surface area contributed by atoms with Crippen molar-refractivity contribution < 1.29 is 17.9 Å². The lowest BCUT2D eigenvalue weighted by molar-refractivity contribution is 0.390. The van der Waals surface area contributed by atoms with Gasteiger partial charge in [0.2, 0.25) is 10.0 Å². The Labute approximate surface area is 151 Å². The van der Waals surface area contributed by atoms with Crippen LogP contribution in [-0.4, -0.2) is 22.6 Å². The highest BCUT2D eigenvalue weighted by atomic mass is 79.9. The van der Waals surface area contributed by atoms with E-state index in [-0.39, 0.29) is 6.54 Å². The number of nitrogens with one attached hydrogen (secondary N) is 1. The predicted octanol–water partition coefficient (Wildman–Crippen LogP) is 3.65. The number of halogens is 1. The molecule has 24 heavy (non-hydrogen) atoms. The van der Waals surface area contributed by atoms with Crippen molar-refractivity contribution in [2.75, 3.05) is 14.2 Å². The predicted molar refractivity (Wildman–Crippen MR) is 97.9 cm³/mol. The molecule has 1 N–H and O–H groups in total. The number of hydrogen-bond acceptors (Lipinski definition) is 4. The Hall–Kier alpha value is -1.57. The van der Waals surface area contributed by atoms with Crippen LogP contribution in [0.15, 0.2) is 46.9 Å². The number of hydrogen-bond donors (Lipinski definition) is 1. The van der Waals surface area contributed by atoms with Crippen LogP contribution >= 0.6 is 15.9 Å². The molecule has 2 rings (SSSR count). The number of rotatable bonds is 7. The number of sulfonamides is 1. The standard InChI is InChI=1S/C17H20BrNO4S/c1-12(13-5-4-6-15(18)9-13)24(20,21)19-11-14-7-8-16(22-2)10-17(14)23-3/h4-10,12,19H,11H2,1-3H3/t12-/m1/s1. The van der Waals surface area contributed by atoms with Gasteiger partial charge in [0.15, 0.2) is 0 Å². The Morgan fingerprint density at radius 1 is 1.12 bits per heavy atom. The minimum Gasteiger partial charge on any atom is -0.497 e. The minimum absolute atomic E-state index is 0.147. The molecule has 0 fully saturated rings. The van der Waals surface area contributed by atoms with Gasteiger partial charge < -0.3 is 9.47 Å². The maximum Gasteiger partial charge on any atom is 0.218 e. The first-order valence-corrected chi connectivity index (χ1v) is 9.66. The topological polar surface area (TPSA) is 64.6 Å². The third-order valence-corrected chi connectivity index (χ3v) is 5.98. The fourth-order valence-electron chi connectivity index (χ4n) is 2.24. The van der Waals surface area contributed by atoms with E-state index >= 15 is 0 Å². The summed E-state index contributed by atoms with van der Waals surface area (Å²) in [6.45, 7) is 1.81. The van der Waals surface area contributed by atoms with Crippen molar-refractivity contribution in [2.24, 2.45) is 0 Å². The van der Waals surface area contributed by atoms with Gasteiger partial charge in [-0.3, -0.25) is 0 Å². The summed E-state index contributed by atoms with van der Waals surface area (Å²) >= 11 is 3.36. The average molecular weight is 414 g/mol. The molecule has 0 aromatic heterocycles. The summed E-state index contributed by atoms with van der Waals surface area (Å²) in [6, 6.07) is 12.5. The normalized spacial score (nSPS) is 12.7. The summed E-state index contributed by atoms with van der Waals surface area (Å²) < 4.78 is 39.0. The van der Waals surface area contributed by atoms with E-state index < -0.39 is 15.3 Å². The van der Waals surface area contributed by atoms with Gasteiger partial charge in [-0.05, 0) is 30.7 Å². The van der Waals surface area contributed by atoms with E-state index in [1.54, 1.807) is 44.4 Å². The summed E-state index contributed by atoms with van der Waals surface area (Å²) in [5.41, 5.74) is 1.46. The fraction of sp³-hybridized carbons (Fsp3) is 0.294. The molecular weight excluding hydrogens is 394 g/mol. The zero-order valence-electron chi connectivity index (χ0n) is 13.7. The van der Waals surface area contributed by atoms with E-state index in [0.717, 1.165) is 15.6 Å². The maximum atomic E-state index is 12.5. The van der Waals surface area contributed by atoms with Crippen molar-refractivity contribution >= 4 is 26.0 Å². The van der Waals surface area contributed by atoms with Crippen LogP contribution in [0.4, 0.5) is 0 Å². The molecule has 0 aliphatic carbocycles. The monoisotopic (exact) mass is 413 g/mol. The molecule has 0 bridgehead atoms. The van der Waals surface area contributed by atoms with Gasteiger partial charge in [-0.1, -0.05) is 34.1 Å². The van der Waals surface area contributed by atoms with Gasteiger partial charge >= 0.3 is 0 Å². The molecule has 7 heteroatoms. The molecule has 0 unspecified atom stereocenters. The van der Waals surface area contributed by atoms with Gasteiger partial charge in [-0.2, -0.15) is 0 Å². The molecule has 2 aromatic carbocycles. The fourth-order valence-corrected chi connectivity index (χ4v) is 3.77. The molecule has 1 atom stereocenters. The minimum atomic E-state index is -3.53. The summed E-state index contributed by atoms with van der Waals surface area (Å²) in [5.74, 6) is 1.23. The van der Waals surface area contributed by atoms with E-state index in [1.807, 2.05) is 12.1 Å². The van der Waals surface area contributed by atoms with Gasteiger partial charge in [0.25, 0.3) is 0 Å². The van der Waals surface area contributed by atoms with Crippen LogP contribution in [0.1, 0.15) is 23.3 Å². The average Bonchev–Trinajstić information content (AvgIpc) is 2.59. The Bertz CT molecular complexity index is 808. The number of benzene rings is 2. The zero-order valence-corrected chi connectivity index (χ0v) is 16.1. The zero-order chi connectivity index (χ0) is 17.7. The van der Waals surface area contributed by atoms with E-state index in [9.17, 15) is 8.42 Å². The third kappa shape index (κ3) is 4.49. The Morgan fingerprint density at radius 2 is 1.88 bits per heavy atom. The summed E-state index contributed by atoms with van der Waals surface area (Å²) in [4.78, 5) is 0. The van der Waals surface area contributed by atoms with Gasteiger partial charge in [0, 0.05) is 22.6 Å². The first kappa shape index (κ1) is 18.8. The highest BCUT2D eigenvalue weighted by Crippen LogP contribution is 2.27. The van der Waals surface area contributed by atoms with Crippen LogP contribution in [0, 0.1) is 0 Å². The van der Waals surface area contributed by atoms with Crippen molar-refractivity contribution in [3.05, 3.63) is 58.1 Å². The van der Waals surface area contributed by atoms with E-state index in [0.29, 0.717) is 11.5 Å². The molecular formula is C17H20BrNO4S. The Kier molecular flexibility index (Phi) is 6.26. The maximum absolute atomic E-state index is 12.5. The number of ether oxygens (including phenoxy) is 2. The first-order valence-electron chi connectivity index (χ1n) is 7.32. The third-order valence-electron chi connectivity index (χ3n) is 3.74. The van der Waals surface area contributed by atoms with Gasteiger partial charge in [-0.15, -0.1) is 0 Å². The molecule has 0 saturated carbocycles. The van der Waals surface area contributed by atoms with Crippen LogP contribution in [0.5, 0.6) is 11.5 Å². The second-order valence-corrected chi connectivity index (χ2v) is 8.24. The van der Waals surface area contributed by atoms with Crippen LogP contribution in [-0.2, 0) is 16.6 Å². The van der Waals surface area contributed by atoms with Crippen molar-refractivity contribution in [3.8, 4) is 11.5 Å². The van der Waals surface area contributed by atoms with Gasteiger partial charge in [0.1, 0.15) is 11.5 Å². The summed E-state index contributed by atoms with van der Waals surface area (Å²) in [6.07, 6.45) is 0. The molecule has 130 valence electrons.